The number of rotatable bonds is 8. The summed E-state index contributed by atoms with van der Waals surface area (Å²) in [5, 5.41) is 0. The second kappa shape index (κ2) is 8.85. The van der Waals surface area contributed by atoms with Crippen molar-refractivity contribution < 1.29 is 14.2 Å². The third-order valence-electron chi connectivity index (χ3n) is 3.66. The van der Waals surface area contributed by atoms with Gasteiger partial charge in [-0.15, -0.1) is 6.58 Å². The summed E-state index contributed by atoms with van der Waals surface area (Å²) in [7, 11) is 0. The molecule has 0 N–H and O–H groups in total. The van der Waals surface area contributed by atoms with Gasteiger partial charge >= 0.3 is 0 Å². The minimum absolute atomic E-state index is 0.241. The lowest BCUT2D eigenvalue weighted by atomic mass is 10.0. The lowest BCUT2D eigenvalue weighted by molar-refractivity contribution is -0.205. The lowest BCUT2D eigenvalue weighted by Crippen LogP contribution is -2.26. The molecule has 0 aliphatic carbocycles. The Labute approximate surface area is 127 Å². The first-order valence-corrected chi connectivity index (χ1v) is 7.90. The maximum absolute atomic E-state index is 5.81. The highest BCUT2D eigenvalue weighted by atomic mass is 16.7. The van der Waals surface area contributed by atoms with Crippen LogP contribution in [0.3, 0.4) is 0 Å². The highest BCUT2D eigenvalue weighted by Gasteiger charge is 2.22. The minimum atomic E-state index is -0.241. The monoisotopic (exact) mass is 290 g/mol. The molecule has 0 saturated carbocycles. The summed E-state index contributed by atoms with van der Waals surface area (Å²) in [6.07, 6.45) is 6.04. The van der Waals surface area contributed by atoms with E-state index >= 15 is 0 Å². The zero-order valence-electron chi connectivity index (χ0n) is 12.9. The first-order chi connectivity index (χ1) is 10.3. The van der Waals surface area contributed by atoms with Crippen LogP contribution in [0, 0.1) is 5.92 Å². The van der Waals surface area contributed by atoms with E-state index in [0.717, 1.165) is 56.8 Å². The molecule has 0 bridgehead atoms. The standard InChI is InChI=1S/C18H26O3/c1-3-5-7-15-13-20-18(21-14-15)16-8-10-17(11-9-16)19-12-6-4-2/h3,8-11,15,18H,1,4-7,12-14H2,2H3. The van der Waals surface area contributed by atoms with Crippen LogP contribution in [0.2, 0.25) is 0 Å². The second-order valence-electron chi connectivity index (χ2n) is 5.50. The van der Waals surface area contributed by atoms with Gasteiger partial charge in [0.25, 0.3) is 0 Å². The summed E-state index contributed by atoms with van der Waals surface area (Å²) in [6.45, 7) is 8.20. The quantitative estimate of drug-likeness (QED) is 0.521. The number of hydrogen-bond donors (Lipinski definition) is 0. The van der Waals surface area contributed by atoms with Crippen LogP contribution in [-0.4, -0.2) is 19.8 Å². The summed E-state index contributed by atoms with van der Waals surface area (Å²) in [6, 6.07) is 8.02. The van der Waals surface area contributed by atoms with Gasteiger partial charge in [-0.2, -0.15) is 0 Å². The van der Waals surface area contributed by atoms with Gasteiger partial charge < -0.3 is 14.2 Å². The van der Waals surface area contributed by atoms with E-state index in [-0.39, 0.29) is 6.29 Å². The Hall–Kier alpha value is -1.32. The van der Waals surface area contributed by atoms with E-state index < -0.39 is 0 Å². The Morgan fingerprint density at radius 1 is 1.24 bits per heavy atom. The molecule has 21 heavy (non-hydrogen) atoms. The topological polar surface area (TPSA) is 27.7 Å². The van der Waals surface area contributed by atoms with E-state index in [9.17, 15) is 0 Å². The van der Waals surface area contributed by atoms with Crippen molar-refractivity contribution in [3.63, 3.8) is 0 Å². The number of hydrogen-bond acceptors (Lipinski definition) is 3. The van der Waals surface area contributed by atoms with Crippen molar-refractivity contribution in [3.05, 3.63) is 42.5 Å². The average Bonchev–Trinajstić information content (AvgIpc) is 2.54. The molecule has 0 radical (unpaired) electrons. The molecule has 0 aromatic heterocycles. The number of ether oxygens (including phenoxy) is 3. The van der Waals surface area contributed by atoms with Crippen molar-refractivity contribution in [2.75, 3.05) is 19.8 Å². The molecule has 3 nitrogen and oxygen atoms in total. The van der Waals surface area contributed by atoms with Gasteiger partial charge in [-0.3, -0.25) is 0 Å². The summed E-state index contributed by atoms with van der Waals surface area (Å²) in [5.74, 6) is 1.39. The first-order valence-electron chi connectivity index (χ1n) is 7.90. The Morgan fingerprint density at radius 2 is 1.95 bits per heavy atom. The lowest BCUT2D eigenvalue weighted by Gasteiger charge is -2.29. The van der Waals surface area contributed by atoms with Gasteiger partial charge in [-0.1, -0.05) is 31.6 Å². The predicted octanol–water partition coefficient (Wildman–Crippen LogP) is 4.49. The van der Waals surface area contributed by atoms with Crippen LogP contribution in [-0.2, 0) is 9.47 Å². The van der Waals surface area contributed by atoms with Gasteiger partial charge in [-0.05, 0) is 31.4 Å². The Morgan fingerprint density at radius 3 is 2.57 bits per heavy atom. The van der Waals surface area contributed by atoms with Crippen LogP contribution in [0.25, 0.3) is 0 Å². The molecular weight excluding hydrogens is 264 g/mol. The third kappa shape index (κ3) is 5.18. The van der Waals surface area contributed by atoms with Gasteiger partial charge in [-0.25, -0.2) is 0 Å². The fourth-order valence-corrected chi connectivity index (χ4v) is 2.31. The average molecular weight is 290 g/mol. The molecule has 1 heterocycles. The highest BCUT2D eigenvalue weighted by molar-refractivity contribution is 5.28. The maximum Gasteiger partial charge on any atom is 0.183 e. The fourth-order valence-electron chi connectivity index (χ4n) is 2.31. The number of unbranched alkanes of at least 4 members (excludes halogenated alkanes) is 1. The molecule has 1 aromatic carbocycles. The maximum atomic E-state index is 5.81. The zero-order chi connectivity index (χ0) is 14.9. The van der Waals surface area contributed by atoms with Crippen molar-refractivity contribution in [3.8, 4) is 5.75 Å². The smallest absolute Gasteiger partial charge is 0.183 e. The van der Waals surface area contributed by atoms with Crippen LogP contribution in [0.4, 0.5) is 0 Å². The molecule has 2 rings (SSSR count). The molecular formula is C18H26O3. The van der Waals surface area contributed by atoms with Gasteiger partial charge in [0.2, 0.25) is 0 Å². The van der Waals surface area contributed by atoms with Crippen LogP contribution in [0.1, 0.15) is 44.5 Å². The molecule has 1 aliphatic heterocycles. The van der Waals surface area contributed by atoms with Gasteiger partial charge in [0, 0.05) is 11.5 Å². The van der Waals surface area contributed by atoms with E-state index in [1.54, 1.807) is 0 Å². The van der Waals surface area contributed by atoms with Crippen LogP contribution < -0.4 is 4.74 Å². The van der Waals surface area contributed by atoms with Gasteiger partial charge in [0.1, 0.15) is 5.75 Å². The molecule has 1 saturated heterocycles. The molecule has 1 aliphatic rings. The number of benzene rings is 1. The molecule has 0 atom stereocenters. The van der Waals surface area contributed by atoms with Crippen molar-refractivity contribution in [1.29, 1.82) is 0 Å². The molecule has 0 amide bonds. The van der Waals surface area contributed by atoms with E-state index in [4.69, 9.17) is 14.2 Å². The van der Waals surface area contributed by atoms with E-state index in [2.05, 4.69) is 13.5 Å². The molecule has 1 fully saturated rings. The summed E-state index contributed by atoms with van der Waals surface area (Å²) in [5.41, 5.74) is 1.06. The molecule has 0 unspecified atom stereocenters. The van der Waals surface area contributed by atoms with Crippen LogP contribution >= 0.6 is 0 Å². The molecule has 1 aromatic rings. The van der Waals surface area contributed by atoms with Gasteiger partial charge in [0.05, 0.1) is 19.8 Å². The van der Waals surface area contributed by atoms with E-state index in [1.807, 2.05) is 30.3 Å². The normalized spacial score (nSPS) is 22.0. The SMILES string of the molecule is C=CCCC1COC(c2ccc(OCCCC)cc2)OC1. The largest absolute Gasteiger partial charge is 0.494 e. The Balaban J connectivity index is 1.79. The molecule has 116 valence electrons. The third-order valence-corrected chi connectivity index (χ3v) is 3.66. The Kier molecular flexibility index (Phi) is 6.77. The van der Waals surface area contributed by atoms with E-state index in [1.165, 1.54) is 0 Å². The van der Waals surface area contributed by atoms with Crippen molar-refractivity contribution >= 4 is 0 Å². The highest BCUT2D eigenvalue weighted by Crippen LogP contribution is 2.28. The summed E-state index contributed by atoms with van der Waals surface area (Å²) >= 11 is 0. The van der Waals surface area contributed by atoms with Crippen molar-refractivity contribution in [1.82, 2.24) is 0 Å². The molecule has 0 spiro atoms. The van der Waals surface area contributed by atoms with E-state index in [0.29, 0.717) is 5.92 Å². The minimum Gasteiger partial charge on any atom is -0.494 e. The predicted molar refractivity (Wildman–Crippen MR) is 84.4 cm³/mol. The molecule has 3 heteroatoms. The number of allylic oxidation sites excluding steroid dienone is 1. The van der Waals surface area contributed by atoms with Crippen molar-refractivity contribution in [2.24, 2.45) is 5.92 Å². The zero-order valence-corrected chi connectivity index (χ0v) is 12.9. The fraction of sp³-hybridized carbons (Fsp3) is 0.556. The van der Waals surface area contributed by atoms with Crippen molar-refractivity contribution in [2.45, 2.75) is 38.9 Å². The Bertz CT molecular complexity index is 405. The van der Waals surface area contributed by atoms with Gasteiger partial charge in [0.15, 0.2) is 6.29 Å². The summed E-state index contributed by atoms with van der Waals surface area (Å²) < 4.78 is 17.3. The first kappa shape index (κ1) is 16.1. The van der Waals surface area contributed by atoms with Crippen LogP contribution in [0.15, 0.2) is 36.9 Å². The summed E-state index contributed by atoms with van der Waals surface area (Å²) in [4.78, 5) is 0. The van der Waals surface area contributed by atoms with Crippen LogP contribution in [0.5, 0.6) is 5.75 Å². The second-order valence-corrected chi connectivity index (χ2v) is 5.50.